The van der Waals surface area contributed by atoms with Gasteiger partial charge < -0.3 is 30.0 Å². The van der Waals surface area contributed by atoms with E-state index in [0.717, 1.165) is 40.4 Å². The predicted octanol–water partition coefficient (Wildman–Crippen LogP) is 4.55. The first kappa shape index (κ1) is 22.2. The molecule has 0 aliphatic rings. The lowest BCUT2D eigenvalue weighted by atomic mass is 10.1. The predicted molar refractivity (Wildman–Crippen MR) is 123 cm³/mol. The molecule has 0 amide bonds. The van der Waals surface area contributed by atoms with Crippen LogP contribution in [0.5, 0.6) is 23.0 Å². The summed E-state index contributed by atoms with van der Waals surface area (Å²) < 4.78 is 22.3. The van der Waals surface area contributed by atoms with Gasteiger partial charge in [0.1, 0.15) is 5.75 Å². The van der Waals surface area contributed by atoms with Crippen molar-refractivity contribution in [1.82, 2.24) is 4.98 Å². The zero-order valence-corrected chi connectivity index (χ0v) is 18.4. The van der Waals surface area contributed by atoms with Gasteiger partial charge in [-0.25, -0.2) is 0 Å². The molecule has 0 unspecified atom stereocenters. The molecule has 1 heterocycles. The smallest absolute Gasteiger partial charge is 0.203 e. The molecule has 0 bridgehead atoms. The second-order valence-corrected chi connectivity index (χ2v) is 6.96. The van der Waals surface area contributed by atoms with Crippen molar-refractivity contribution in [3.8, 4) is 34.1 Å². The number of ether oxygens (including phenoxy) is 4. The van der Waals surface area contributed by atoms with Crippen LogP contribution in [0.1, 0.15) is 12.1 Å². The summed E-state index contributed by atoms with van der Waals surface area (Å²) in [4.78, 5) is 4.41. The summed E-state index contributed by atoms with van der Waals surface area (Å²) in [7, 11) is 4.77. The van der Waals surface area contributed by atoms with Crippen LogP contribution in [0.3, 0.4) is 0 Å². The molecule has 31 heavy (non-hydrogen) atoms. The second-order valence-electron chi connectivity index (χ2n) is 6.96. The topological polar surface area (TPSA) is 87.9 Å². The number of benzene rings is 2. The minimum Gasteiger partial charge on any atom is -0.493 e. The van der Waals surface area contributed by atoms with Crippen LogP contribution in [0.2, 0.25) is 0 Å². The van der Waals surface area contributed by atoms with E-state index in [1.54, 1.807) is 21.3 Å². The number of nitrogens with zero attached hydrogens (tertiary/aromatic N) is 1. The number of methoxy groups -OCH3 is 3. The Morgan fingerprint density at radius 3 is 2.16 bits per heavy atom. The summed E-state index contributed by atoms with van der Waals surface area (Å²) in [5.41, 5.74) is 10.2. The van der Waals surface area contributed by atoms with Crippen molar-refractivity contribution in [2.45, 2.75) is 13.3 Å². The Labute approximate surface area is 183 Å². The fourth-order valence-electron chi connectivity index (χ4n) is 3.15. The highest BCUT2D eigenvalue weighted by Gasteiger charge is 2.14. The standard InChI is InChI=1S/C24H29N3O4/c1-16-6-7-17(15-26-16)18-10-19(12-21(11-18)31-9-5-8-25)27-20-13-22(28-2)24(30-4)23(14-20)29-3/h6-7,10-15,27H,5,8-9,25H2,1-4H3. The molecular weight excluding hydrogens is 394 g/mol. The molecule has 164 valence electrons. The summed E-state index contributed by atoms with van der Waals surface area (Å²) in [6.07, 6.45) is 2.64. The molecule has 0 saturated heterocycles. The Bertz CT molecular complexity index is 981. The second kappa shape index (κ2) is 10.5. The van der Waals surface area contributed by atoms with Gasteiger partial charge in [-0.3, -0.25) is 4.98 Å². The Morgan fingerprint density at radius 1 is 0.871 bits per heavy atom. The molecular formula is C24H29N3O4. The van der Waals surface area contributed by atoms with Gasteiger partial charge in [-0.2, -0.15) is 0 Å². The molecule has 2 aromatic carbocycles. The normalized spacial score (nSPS) is 10.5. The number of hydrogen-bond acceptors (Lipinski definition) is 7. The minimum absolute atomic E-state index is 0.542. The van der Waals surface area contributed by atoms with Gasteiger partial charge in [-0.05, 0) is 43.7 Å². The zero-order chi connectivity index (χ0) is 22.2. The molecule has 0 radical (unpaired) electrons. The van der Waals surface area contributed by atoms with Crippen molar-refractivity contribution in [2.24, 2.45) is 5.73 Å². The molecule has 0 fully saturated rings. The molecule has 0 spiro atoms. The van der Waals surface area contributed by atoms with Crippen LogP contribution in [0.15, 0.2) is 48.7 Å². The van der Waals surface area contributed by atoms with Crippen LogP contribution in [0.25, 0.3) is 11.1 Å². The minimum atomic E-state index is 0.542. The third-order valence-electron chi connectivity index (χ3n) is 4.72. The Morgan fingerprint density at radius 2 is 1.58 bits per heavy atom. The van der Waals surface area contributed by atoms with E-state index in [1.165, 1.54) is 0 Å². The number of rotatable bonds is 10. The number of anilines is 2. The van der Waals surface area contributed by atoms with E-state index in [2.05, 4.69) is 10.3 Å². The van der Waals surface area contributed by atoms with Crippen molar-refractivity contribution in [1.29, 1.82) is 0 Å². The monoisotopic (exact) mass is 423 g/mol. The number of nitrogens with one attached hydrogen (secondary N) is 1. The molecule has 0 saturated carbocycles. The van der Waals surface area contributed by atoms with Crippen LogP contribution in [-0.4, -0.2) is 39.5 Å². The van der Waals surface area contributed by atoms with Gasteiger partial charge in [0.25, 0.3) is 0 Å². The van der Waals surface area contributed by atoms with Crippen molar-refractivity contribution in [3.05, 3.63) is 54.4 Å². The number of nitrogens with two attached hydrogens (primary N) is 1. The summed E-state index contributed by atoms with van der Waals surface area (Å²) in [6, 6.07) is 13.8. The van der Waals surface area contributed by atoms with Gasteiger partial charge in [0.2, 0.25) is 5.75 Å². The number of aromatic nitrogens is 1. The van der Waals surface area contributed by atoms with Crippen LogP contribution in [0, 0.1) is 6.92 Å². The fourth-order valence-corrected chi connectivity index (χ4v) is 3.15. The lowest BCUT2D eigenvalue weighted by Crippen LogP contribution is -2.06. The third-order valence-corrected chi connectivity index (χ3v) is 4.72. The van der Waals surface area contributed by atoms with Crippen LogP contribution in [-0.2, 0) is 0 Å². The van der Waals surface area contributed by atoms with E-state index < -0.39 is 0 Å². The summed E-state index contributed by atoms with van der Waals surface area (Å²) in [6.45, 7) is 3.10. The van der Waals surface area contributed by atoms with E-state index in [0.29, 0.717) is 30.4 Å². The number of hydrogen-bond donors (Lipinski definition) is 2. The summed E-state index contributed by atoms with van der Waals surface area (Å²) in [5, 5.41) is 3.42. The largest absolute Gasteiger partial charge is 0.493 e. The van der Waals surface area contributed by atoms with Gasteiger partial charge in [0, 0.05) is 47.0 Å². The maximum absolute atomic E-state index is 5.93. The van der Waals surface area contributed by atoms with Gasteiger partial charge in [0.05, 0.1) is 27.9 Å². The van der Waals surface area contributed by atoms with Crippen LogP contribution in [0.4, 0.5) is 11.4 Å². The third kappa shape index (κ3) is 5.58. The Kier molecular flexibility index (Phi) is 7.56. The quantitative estimate of drug-likeness (QED) is 0.462. The average molecular weight is 424 g/mol. The lowest BCUT2D eigenvalue weighted by Gasteiger charge is -2.16. The molecule has 7 heteroatoms. The van der Waals surface area contributed by atoms with E-state index in [1.807, 2.05) is 55.6 Å². The van der Waals surface area contributed by atoms with E-state index in [-0.39, 0.29) is 0 Å². The van der Waals surface area contributed by atoms with Crippen LogP contribution >= 0.6 is 0 Å². The van der Waals surface area contributed by atoms with E-state index >= 15 is 0 Å². The SMILES string of the molecule is COc1cc(Nc2cc(OCCCN)cc(-c3ccc(C)nc3)c2)cc(OC)c1OC. The molecule has 3 rings (SSSR count). The number of aryl methyl sites for hydroxylation is 1. The first-order chi connectivity index (χ1) is 15.1. The van der Waals surface area contributed by atoms with E-state index in [9.17, 15) is 0 Å². The van der Waals surface area contributed by atoms with Crippen LogP contribution < -0.4 is 30.0 Å². The van der Waals surface area contributed by atoms with Gasteiger partial charge >= 0.3 is 0 Å². The molecule has 3 N–H and O–H groups in total. The number of pyridine rings is 1. The average Bonchev–Trinajstić information content (AvgIpc) is 2.79. The molecule has 0 aliphatic heterocycles. The summed E-state index contributed by atoms with van der Waals surface area (Å²) >= 11 is 0. The fraction of sp³-hybridized carbons (Fsp3) is 0.292. The van der Waals surface area contributed by atoms with Crippen molar-refractivity contribution < 1.29 is 18.9 Å². The highest BCUT2D eigenvalue weighted by molar-refractivity contribution is 5.74. The lowest BCUT2D eigenvalue weighted by molar-refractivity contribution is 0.313. The van der Waals surface area contributed by atoms with Crippen molar-refractivity contribution in [2.75, 3.05) is 39.8 Å². The van der Waals surface area contributed by atoms with E-state index in [4.69, 9.17) is 24.7 Å². The highest BCUT2D eigenvalue weighted by Crippen LogP contribution is 2.41. The van der Waals surface area contributed by atoms with Crippen molar-refractivity contribution >= 4 is 11.4 Å². The first-order valence-corrected chi connectivity index (χ1v) is 10.1. The van der Waals surface area contributed by atoms with Gasteiger partial charge in [-0.1, -0.05) is 6.07 Å². The maximum atomic E-state index is 5.93. The zero-order valence-electron chi connectivity index (χ0n) is 18.4. The van der Waals surface area contributed by atoms with Gasteiger partial charge in [-0.15, -0.1) is 0 Å². The van der Waals surface area contributed by atoms with Gasteiger partial charge in [0.15, 0.2) is 11.5 Å². The summed E-state index contributed by atoms with van der Waals surface area (Å²) in [5.74, 6) is 2.44. The maximum Gasteiger partial charge on any atom is 0.203 e. The molecule has 0 aliphatic carbocycles. The van der Waals surface area contributed by atoms with Crippen molar-refractivity contribution in [3.63, 3.8) is 0 Å². The molecule has 3 aromatic rings. The molecule has 1 aromatic heterocycles. The Balaban J connectivity index is 1.98. The highest BCUT2D eigenvalue weighted by atomic mass is 16.5. The Hall–Kier alpha value is -3.45. The molecule has 0 atom stereocenters. The molecule has 7 nitrogen and oxygen atoms in total. The first-order valence-electron chi connectivity index (χ1n) is 10.1.